The van der Waals surface area contributed by atoms with Gasteiger partial charge in [0.05, 0.1) is 26.3 Å². The zero-order valence-electron chi connectivity index (χ0n) is 10.9. The fourth-order valence-corrected chi connectivity index (χ4v) is 5.23. The predicted octanol–water partition coefficient (Wildman–Crippen LogP) is 2.66. The van der Waals surface area contributed by atoms with E-state index in [0.29, 0.717) is 21.4 Å². The van der Waals surface area contributed by atoms with E-state index in [0.717, 1.165) is 0 Å². The molecule has 0 N–H and O–H groups in total. The standard InChI is InChI=1S/C14H12ClNO3S2/c15-11-5-7-12(8-6-11)21(18,19)16-9-10-20(17)14-4-2-1-3-13(14)16/h1-8H,9-10H2. The molecule has 0 aromatic heterocycles. The summed E-state index contributed by atoms with van der Waals surface area (Å²) in [6.07, 6.45) is 0. The zero-order chi connectivity index (χ0) is 15.0. The average Bonchev–Trinajstić information content (AvgIpc) is 2.48. The van der Waals surface area contributed by atoms with Crippen molar-refractivity contribution in [1.82, 2.24) is 0 Å². The minimum Gasteiger partial charge on any atom is -0.264 e. The van der Waals surface area contributed by atoms with Crippen molar-refractivity contribution in [1.29, 1.82) is 0 Å². The van der Waals surface area contributed by atoms with Crippen molar-refractivity contribution < 1.29 is 12.6 Å². The Morgan fingerprint density at radius 2 is 1.71 bits per heavy atom. The maximum Gasteiger partial charge on any atom is 0.264 e. The van der Waals surface area contributed by atoms with E-state index in [1.54, 1.807) is 36.4 Å². The Morgan fingerprint density at radius 1 is 1.05 bits per heavy atom. The van der Waals surface area contributed by atoms with Crippen LogP contribution in [-0.4, -0.2) is 24.9 Å². The minimum absolute atomic E-state index is 0.175. The first-order valence-electron chi connectivity index (χ1n) is 6.26. The Kier molecular flexibility index (Phi) is 3.77. The Morgan fingerprint density at radius 3 is 2.43 bits per heavy atom. The summed E-state index contributed by atoms with van der Waals surface area (Å²) in [5.74, 6) is 0.295. The van der Waals surface area contributed by atoms with E-state index in [1.165, 1.54) is 16.4 Å². The Labute approximate surface area is 130 Å². The summed E-state index contributed by atoms with van der Waals surface area (Å²) in [7, 11) is -4.83. The molecule has 0 spiro atoms. The van der Waals surface area contributed by atoms with Crippen molar-refractivity contribution >= 4 is 38.1 Å². The van der Waals surface area contributed by atoms with Crippen LogP contribution in [0, 0.1) is 0 Å². The van der Waals surface area contributed by atoms with E-state index in [4.69, 9.17) is 11.6 Å². The van der Waals surface area contributed by atoms with Crippen molar-refractivity contribution in [3.63, 3.8) is 0 Å². The largest absolute Gasteiger partial charge is 0.264 e. The van der Waals surface area contributed by atoms with Gasteiger partial charge in [0, 0.05) is 17.3 Å². The number of fused-ring (bicyclic) bond motifs is 1. The highest BCUT2D eigenvalue weighted by Gasteiger charge is 2.31. The lowest BCUT2D eigenvalue weighted by Crippen LogP contribution is -2.38. The van der Waals surface area contributed by atoms with Crippen molar-refractivity contribution in [2.45, 2.75) is 9.79 Å². The van der Waals surface area contributed by atoms with Gasteiger partial charge in [-0.1, -0.05) is 23.7 Å². The molecule has 3 rings (SSSR count). The summed E-state index contributed by atoms with van der Waals surface area (Å²) in [4.78, 5) is 0.732. The molecule has 1 aliphatic rings. The van der Waals surface area contributed by atoms with Gasteiger partial charge in [-0.25, -0.2) is 8.42 Å². The van der Waals surface area contributed by atoms with Gasteiger partial charge in [0.1, 0.15) is 0 Å². The second-order valence-corrected chi connectivity index (χ2v) is 8.39. The predicted molar refractivity (Wildman–Crippen MR) is 83.7 cm³/mol. The molecule has 7 heteroatoms. The number of benzene rings is 2. The van der Waals surface area contributed by atoms with Crippen molar-refractivity contribution in [3.05, 3.63) is 53.6 Å². The lowest BCUT2D eigenvalue weighted by Gasteiger charge is -2.29. The summed E-state index contributed by atoms with van der Waals surface area (Å²) < 4.78 is 38.8. The van der Waals surface area contributed by atoms with Gasteiger partial charge in [0.2, 0.25) is 0 Å². The number of para-hydroxylation sites is 1. The Bertz CT molecular complexity index is 803. The smallest absolute Gasteiger partial charge is 0.264 e. The fraction of sp³-hybridized carbons (Fsp3) is 0.143. The molecule has 0 amide bonds. The van der Waals surface area contributed by atoms with E-state index in [2.05, 4.69) is 0 Å². The van der Waals surface area contributed by atoms with Crippen LogP contribution in [-0.2, 0) is 20.8 Å². The summed E-state index contributed by atoms with van der Waals surface area (Å²) in [6, 6.07) is 12.9. The van der Waals surface area contributed by atoms with Crippen LogP contribution in [0.15, 0.2) is 58.3 Å². The van der Waals surface area contributed by atoms with Crippen LogP contribution in [0.4, 0.5) is 5.69 Å². The van der Waals surface area contributed by atoms with Crippen molar-refractivity contribution in [2.75, 3.05) is 16.6 Å². The summed E-state index contributed by atoms with van der Waals surface area (Å²) >= 11 is 5.80. The molecule has 1 aliphatic heterocycles. The first-order valence-corrected chi connectivity index (χ1v) is 9.39. The van der Waals surface area contributed by atoms with E-state index < -0.39 is 20.8 Å². The second-order valence-electron chi connectivity index (χ2n) is 4.55. The van der Waals surface area contributed by atoms with E-state index >= 15 is 0 Å². The third kappa shape index (κ3) is 2.59. The van der Waals surface area contributed by atoms with Gasteiger partial charge >= 0.3 is 0 Å². The Balaban J connectivity index is 2.10. The van der Waals surface area contributed by atoms with E-state index in [-0.39, 0.29) is 11.4 Å². The van der Waals surface area contributed by atoms with Gasteiger partial charge in [-0.15, -0.1) is 0 Å². The maximum atomic E-state index is 12.8. The molecule has 0 fully saturated rings. The molecular formula is C14H12ClNO3S2. The summed E-state index contributed by atoms with van der Waals surface area (Å²) in [6.45, 7) is 0.203. The minimum atomic E-state index is -3.68. The summed E-state index contributed by atoms with van der Waals surface area (Å²) in [5, 5.41) is 0.481. The molecule has 1 atom stereocenters. The molecule has 110 valence electrons. The maximum absolute atomic E-state index is 12.8. The monoisotopic (exact) mass is 341 g/mol. The van der Waals surface area contributed by atoms with E-state index in [1.807, 2.05) is 0 Å². The van der Waals surface area contributed by atoms with E-state index in [9.17, 15) is 12.6 Å². The first kappa shape index (κ1) is 14.6. The molecule has 2 aromatic carbocycles. The molecule has 0 saturated carbocycles. The van der Waals surface area contributed by atoms with Crippen LogP contribution in [0.3, 0.4) is 0 Å². The number of anilines is 1. The van der Waals surface area contributed by atoms with Crippen LogP contribution in [0.5, 0.6) is 0 Å². The molecule has 1 heterocycles. The quantitative estimate of drug-likeness (QED) is 0.843. The molecule has 1 unspecified atom stereocenters. The average molecular weight is 342 g/mol. The van der Waals surface area contributed by atoms with Gasteiger partial charge in [-0.3, -0.25) is 8.51 Å². The highest BCUT2D eigenvalue weighted by Crippen LogP contribution is 2.32. The van der Waals surface area contributed by atoms with Crippen LogP contribution in [0.25, 0.3) is 0 Å². The highest BCUT2D eigenvalue weighted by atomic mass is 35.5. The SMILES string of the molecule is O=S1CCN(S(=O)(=O)c2ccc(Cl)cc2)c2ccccc21. The van der Waals surface area contributed by atoms with Crippen LogP contribution in [0.2, 0.25) is 5.02 Å². The lowest BCUT2D eigenvalue weighted by atomic mass is 10.3. The molecule has 0 saturated heterocycles. The normalized spacial score (nSPS) is 18.3. The molecule has 0 bridgehead atoms. The number of hydrogen-bond donors (Lipinski definition) is 0. The van der Waals surface area contributed by atoms with Crippen LogP contribution < -0.4 is 4.31 Å². The molecule has 4 nitrogen and oxygen atoms in total. The van der Waals surface area contributed by atoms with Crippen molar-refractivity contribution in [2.24, 2.45) is 0 Å². The molecule has 21 heavy (non-hydrogen) atoms. The number of hydrogen-bond acceptors (Lipinski definition) is 3. The highest BCUT2D eigenvalue weighted by molar-refractivity contribution is 7.93. The number of rotatable bonds is 2. The van der Waals surface area contributed by atoms with Gasteiger partial charge in [-0.05, 0) is 36.4 Å². The molecule has 0 radical (unpaired) electrons. The Hall–Kier alpha value is -1.37. The van der Waals surface area contributed by atoms with Gasteiger partial charge in [0.15, 0.2) is 0 Å². The van der Waals surface area contributed by atoms with Crippen molar-refractivity contribution in [3.8, 4) is 0 Å². The van der Waals surface area contributed by atoms with Crippen LogP contribution >= 0.6 is 11.6 Å². The first-order chi connectivity index (χ1) is 10.00. The summed E-state index contributed by atoms with van der Waals surface area (Å²) in [5.41, 5.74) is 0.483. The van der Waals surface area contributed by atoms with Gasteiger partial charge in [-0.2, -0.15) is 0 Å². The molecule has 2 aromatic rings. The molecule has 0 aliphatic carbocycles. The lowest BCUT2D eigenvalue weighted by molar-refractivity contribution is 0.591. The fourth-order valence-electron chi connectivity index (χ4n) is 2.24. The third-order valence-corrected chi connectivity index (χ3v) is 6.73. The zero-order valence-corrected chi connectivity index (χ0v) is 13.3. The topological polar surface area (TPSA) is 54.5 Å². The second kappa shape index (κ2) is 5.44. The van der Waals surface area contributed by atoms with Gasteiger partial charge < -0.3 is 0 Å². The number of halogens is 1. The number of nitrogens with zero attached hydrogens (tertiary/aromatic N) is 1. The van der Waals surface area contributed by atoms with Gasteiger partial charge in [0.25, 0.3) is 10.0 Å². The molecular weight excluding hydrogens is 330 g/mol. The number of sulfonamides is 1. The van der Waals surface area contributed by atoms with Crippen LogP contribution in [0.1, 0.15) is 0 Å². The third-order valence-electron chi connectivity index (χ3n) is 3.26.